The molecule has 1 unspecified atom stereocenters. The highest BCUT2D eigenvalue weighted by molar-refractivity contribution is 5.81. The van der Waals surface area contributed by atoms with Crippen molar-refractivity contribution < 1.29 is 4.79 Å². The number of likely N-dealkylation sites (tertiary alicyclic amines) is 2. The van der Waals surface area contributed by atoms with Crippen molar-refractivity contribution in [1.82, 2.24) is 25.3 Å². The lowest BCUT2D eigenvalue weighted by Gasteiger charge is -2.32. The van der Waals surface area contributed by atoms with Gasteiger partial charge in [0.1, 0.15) is 0 Å². The topological polar surface area (TPSA) is 63.2 Å². The normalized spacial score (nSPS) is 22.4. The van der Waals surface area contributed by atoms with Gasteiger partial charge in [0, 0.05) is 52.9 Å². The maximum atomic E-state index is 12.3. The highest BCUT2D eigenvalue weighted by Gasteiger charge is 2.31. The molecule has 2 saturated heterocycles. The number of aliphatic imine (C=N–C) groups is 1. The van der Waals surface area contributed by atoms with Crippen LogP contribution in [-0.4, -0.2) is 98.6 Å². The molecule has 0 radical (unpaired) electrons. The minimum Gasteiger partial charge on any atom is -0.357 e. The summed E-state index contributed by atoms with van der Waals surface area (Å²) in [5.74, 6) is 1.18. The predicted octanol–water partition coefficient (Wildman–Crippen LogP) is 1.36. The molecule has 162 valence electrons. The SMILES string of the molecule is CCCN1CCC(NC(=NCCCN2CCCC2C(=O)N(C)C)NCC)CC1. The van der Waals surface area contributed by atoms with Crippen molar-refractivity contribution in [2.75, 3.05) is 59.9 Å². The fourth-order valence-corrected chi connectivity index (χ4v) is 4.27. The first kappa shape index (κ1) is 22.9. The van der Waals surface area contributed by atoms with Gasteiger partial charge >= 0.3 is 0 Å². The summed E-state index contributed by atoms with van der Waals surface area (Å²) >= 11 is 0. The number of carbonyl (C=O) groups excluding carboxylic acids is 1. The van der Waals surface area contributed by atoms with Gasteiger partial charge in [-0.1, -0.05) is 6.92 Å². The van der Waals surface area contributed by atoms with Gasteiger partial charge in [0.15, 0.2) is 5.96 Å². The summed E-state index contributed by atoms with van der Waals surface area (Å²) in [6.45, 7) is 11.6. The molecular weight excluding hydrogens is 352 g/mol. The van der Waals surface area contributed by atoms with Crippen molar-refractivity contribution in [3.05, 3.63) is 0 Å². The molecule has 0 aromatic heterocycles. The number of nitrogens with zero attached hydrogens (tertiary/aromatic N) is 4. The first-order valence-corrected chi connectivity index (χ1v) is 11.3. The molecule has 2 fully saturated rings. The Balaban J connectivity index is 1.74. The van der Waals surface area contributed by atoms with Crippen molar-refractivity contribution in [1.29, 1.82) is 0 Å². The number of nitrogens with one attached hydrogen (secondary N) is 2. The molecule has 1 atom stereocenters. The largest absolute Gasteiger partial charge is 0.357 e. The van der Waals surface area contributed by atoms with E-state index in [2.05, 4.69) is 34.3 Å². The molecule has 0 aliphatic carbocycles. The Hall–Kier alpha value is -1.34. The average molecular weight is 395 g/mol. The Bertz CT molecular complexity index is 487. The smallest absolute Gasteiger partial charge is 0.239 e. The Morgan fingerprint density at radius 1 is 1.11 bits per heavy atom. The number of rotatable bonds is 9. The predicted molar refractivity (Wildman–Crippen MR) is 117 cm³/mol. The molecule has 7 heteroatoms. The van der Waals surface area contributed by atoms with Gasteiger partial charge < -0.3 is 20.4 Å². The van der Waals surface area contributed by atoms with Crippen molar-refractivity contribution >= 4 is 11.9 Å². The van der Waals surface area contributed by atoms with Crippen LogP contribution in [0.15, 0.2) is 4.99 Å². The van der Waals surface area contributed by atoms with Crippen LogP contribution in [0.2, 0.25) is 0 Å². The second kappa shape index (κ2) is 12.3. The molecule has 0 bridgehead atoms. The van der Waals surface area contributed by atoms with E-state index in [0.29, 0.717) is 6.04 Å². The summed E-state index contributed by atoms with van der Waals surface area (Å²) in [7, 11) is 3.70. The van der Waals surface area contributed by atoms with Gasteiger partial charge in [0.25, 0.3) is 0 Å². The minimum absolute atomic E-state index is 0.0682. The van der Waals surface area contributed by atoms with Gasteiger partial charge in [0.2, 0.25) is 5.91 Å². The number of amides is 1. The van der Waals surface area contributed by atoms with Gasteiger partial charge in [0.05, 0.1) is 6.04 Å². The minimum atomic E-state index is 0.0682. The molecule has 2 rings (SSSR count). The molecule has 1 amide bonds. The quantitative estimate of drug-likeness (QED) is 0.351. The Morgan fingerprint density at radius 2 is 1.86 bits per heavy atom. The van der Waals surface area contributed by atoms with Crippen LogP contribution < -0.4 is 10.6 Å². The summed E-state index contributed by atoms with van der Waals surface area (Å²) < 4.78 is 0. The van der Waals surface area contributed by atoms with Crippen LogP contribution >= 0.6 is 0 Å². The molecule has 2 aliphatic heterocycles. The second-order valence-electron chi connectivity index (χ2n) is 8.30. The number of hydrogen-bond donors (Lipinski definition) is 2. The van der Waals surface area contributed by atoms with E-state index in [1.165, 1.54) is 38.9 Å². The van der Waals surface area contributed by atoms with Gasteiger partial charge in [-0.2, -0.15) is 0 Å². The van der Waals surface area contributed by atoms with Crippen LogP contribution in [0.25, 0.3) is 0 Å². The third kappa shape index (κ3) is 7.24. The molecule has 2 aliphatic rings. The molecule has 0 aromatic rings. The first-order chi connectivity index (χ1) is 13.5. The number of likely N-dealkylation sites (N-methyl/N-ethyl adjacent to an activating group) is 1. The molecule has 0 saturated carbocycles. The van der Waals surface area contributed by atoms with Crippen LogP contribution in [0.4, 0.5) is 0 Å². The number of guanidine groups is 1. The second-order valence-corrected chi connectivity index (χ2v) is 8.30. The standard InChI is InChI=1S/C21H42N6O/c1-5-13-26-16-10-18(11-17-26)24-21(22-6-2)23-12-8-15-27-14-7-9-19(27)20(28)25(3)4/h18-19H,5-17H2,1-4H3,(H2,22,23,24). The first-order valence-electron chi connectivity index (χ1n) is 11.3. The molecule has 0 aromatic carbocycles. The van der Waals surface area contributed by atoms with E-state index in [9.17, 15) is 4.79 Å². The van der Waals surface area contributed by atoms with Crippen LogP contribution in [0.5, 0.6) is 0 Å². The Kier molecular flexibility index (Phi) is 10.1. The van der Waals surface area contributed by atoms with E-state index >= 15 is 0 Å². The van der Waals surface area contributed by atoms with Crippen LogP contribution in [-0.2, 0) is 4.79 Å². The van der Waals surface area contributed by atoms with Gasteiger partial charge in [-0.05, 0) is 58.5 Å². The van der Waals surface area contributed by atoms with E-state index in [1.807, 2.05) is 14.1 Å². The van der Waals surface area contributed by atoms with E-state index in [0.717, 1.165) is 51.4 Å². The van der Waals surface area contributed by atoms with E-state index in [4.69, 9.17) is 4.99 Å². The maximum Gasteiger partial charge on any atom is 0.239 e. The van der Waals surface area contributed by atoms with E-state index in [-0.39, 0.29) is 11.9 Å². The maximum absolute atomic E-state index is 12.3. The number of hydrogen-bond acceptors (Lipinski definition) is 4. The highest BCUT2D eigenvalue weighted by atomic mass is 16.2. The van der Waals surface area contributed by atoms with Gasteiger partial charge in [-0.25, -0.2) is 0 Å². The number of carbonyl (C=O) groups is 1. The zero-order valence-electron chi connectivity index (χ0n) is 18.5. The fourth-order valence-electron chi connectivity index (χ4n) is 4.27. The molecule has 28 heavy (non-hydrogen) atoms. The summed E-state index contributed by atoms with van der Waals surface area (Å²) in [4.78, 5) is 23.7. The van der Waals surface area contributed by atoms with Gasteiger partial charge in [-0.3, -0.25) is 14.7 Å². The molecular formula is C21H42N6O. The third-order valence-electron chi connectivity index (χ3n) is 5.78. The molecule has 2 N–H and O–H groups in total. The summed E-state index contributed by atoms with van der Waals surface area (Å²) in [6.07, 6.45) is 6.71. The summed E-state index contributed by atoms with van der Waals surface area (Å²) in [5, 5.41) is 7.02. The van der Waals surface area contributed by atoms with Crippen molar-refractivity contribution in [2.24, 2.45) is 4.99 Å². The fraction of sp³-hybridized carbons (Fsp3) is 0.905. The highest BCUT2D eigenvalue weighted by Crippen LogP contribution is 2.18. The molecule has 7 nitrogen and oxygen atoms in total. The van der Waals surface area contributed by atoms with E-state index < -0.39 is 0 Å². The van der Waals surface area contributed by atoms with Crippen LogP contribution in [0.1, 0.15) is 52.4 Å². The summed E-state index contributed by atoms with van der Waals surface area (Å²) in [5.41, 5.74) is 0. The summed E-state index contributed by atoms with van der Waals surface area (Å²) in [6, 6.07) is 0.588. The molecule has 2 heterocycles. The Morgan fingerprint density at radius 3 is 2.50 bits per heavy atom. The third-order valence-corrected chi connectivity index (χ3v) is 5.78. The lowest BCUT2D eigenvalue weighted by atomic mass is 10.1. The lowest BCUT2D eigenvalue weighted by Crippen LogP contribution is -2.48. The Labute approximate surface area is 171 Å². The zero-order valence-corrected chi connectivity index (χ0v) is 18.5. The van der Waals surface area contributed by atoms with Crippen molar-refractivity contribution in [3.63, 3.8) is 0 Å². The zero-order chi connectivity index (χ0) is 20.4. The van der Waals surface area contributed by atoms with E-state index in [1.54, 1.807) is 4.90 Å². The van der Waals surface area contributed by atoms with Crippen LogP contribution in [0.3, 0.4) is 0 Å². The van der Waals surface area contributed by atoms with Crippen LogP contribution in [0, 0.1) is 0 Å². The van der Waals surface area contributed by atoms with Crippen molar-refractivity contribution in [2.45, 2.75) is 64.5 Å². The number of piperidine rings is 1. The monoisotopic (exact) mass is 394 g/mol. The van der Waals surface area contributed by atoms with Crippen molar-refractivity contribution in [3.8, 4) is 0 Å². The van der Waals surface area contributed by atoms with Gasteiger partial charge in [-0.15, -0.1) is 0 Å². The average Bonchev–Trinajstić information content (AvgIpc) is 3.14. The lowest BCUT2D eigenvalue weighted by molar-refractivity contribution is -0.133. The molecule has 0 spiro atoms.